The highest BCUT2D eigenvalue weighted by atomic mass is 19.4. The lowest BCUT2D eigenvalue weighted by Gasteiger charge is -2.45. The molecule has 2 bridgehead atoms. The number of carbonyl (C=O) groups is 2. The third-order valence-electron chi connectivity index (χ3n) is 5.97. The number of carbonyl (C=O) groups excluding carboxylic acids is 2. The van der Waals surface area contributed by atoms with Gasteiger partial charge in [-0.25, -0.2) is 19.7 Å². The Morgan fingerprint density at radius 2 is 2.05 bits per heavy atom. The number of nitrogens with one attached hydrogen (secondary N) is 2. The van der Waals surface area contributed by atoms with E-state index < -0.39 is 42.7 Å². The lowest BCUT2D eigenvalue weighted by molar-refractivity contribution is -0.149. The highest BCUT2D eigenvalue weighted by Gasteiger charge is 2.40. The number of hydrogen-bond donors (Lipinski definition) is 4. The maximum atomic E-state index is 13.3. The number of rotatable bonds is 7. The van der Waals surface area contributed by atoms with Gasteiger partial charge in [-0.15, -0.1) is 0 Å². The van der Waals surface area contributed by atoms with Crippen LogP contribution in [0.1, 0.15) is 30.4 Å². The Hall–Kier alpha value is -3.72. The van der Waals surface area contributed by atoms with Crippen molar-refractivity contribution < 1.29 is 37.7 Å². The summed E-state index contributed by atoms with van der Waals surface area (Å²) in [6.07, 6.45) is -1.55. The topological polar surface area (TPSA) is 153 Å². The van der Waals surface area contributed by atoms with E-state index in [4.69, 9.17) is 9.84 Å². The molecule has 12 nitrogen and oxygen atoms in total. The molecule has 1 saturated heterocycles. The van der Waals surface area contributed by atoms with Crippen molar-refractivity contribution in [1.29, 1.82) is 0 Å². The molecule has 200 valence electrons. The number of urea groups is 1. The normalized spacial score (nSPS) is 18.5. The number of piperidine rings is 1. The molecule has 2 aliphatic heterocycles. The highest BCUT2D eigenvalue weighted by Crippen LogP contribution is 2.37. The molecule has 0 saturated carbocycles. The van der Waals surface area contributed by atoms with Crippen molar-refractivity contribution in [2.24, 2.45) is 0 Å². The number of aromatic nitrogens is 3. The van der Waals surface area contributed by atoms with Crippen LogP contribution in [0.4, 0.5) is 35.3 Å². The van der Waals surface area contributed by atoms with Gasteiger partial charge in [0, 0.05) is 13.1 Å². The number of halogens is 3. The predicted molar refractivity (Wildman–Crippen MR) is 125 cm³/mol. The molecule has 4 rings (SSSR count). The van der Waals surface area contributed by atoms with Crippen LogP contribution in [-0.2, 0) is 0 Å². The summed E-state index contributed by atoms with van der Waals surface area (Å²) in [5, 5.41) is 22.7. The number of nitrogens with zero attached hydrogens (tertiary/aromatic N) is 5. The fraction of sp³-hybridized carbons (Fsp3) is 0.500. The van der Waals surface area contributed by atoms with Crippen LogP contribution in [0.2, 0.25) is 0 Å². The number of aliphatic hydroxyl groups is 2. The summed E-state index contributed by atoms with van der Waals surface area (Å²) in [5.74, 6) is -0.980. The fourth-order valence-electron chi connectivity index (χ4n) is 3.99. The second kappa shape index (κ2) is 10.7. The van der Waals surface area contributed by atoms with Gasteiger partial charge in [-0.2, -0.15) is 13.2 Å². The van der Waals surface area contributed by atoms with E-state index in [9.17, 15) is 27.9 Å². The Balaban J connectivity index is 1.54. The molecule has 3 atom stereocenters. The molecule has 2 aliphatic rings. The Labute approximate surface area is 209 Å². The van der Waals surface area contributed by atoms with E-state index in [0.29, 0.717) is 30.9 Å². The minimum absolute atomic E-state index is 0.117. The molecule has 3 amide bonds. The second-order valence-corrected chi connectivity index (χ2v) is 8.71. The molecule has 37 heavy (non-hydrogen) atoms. The Bertz CT molecular complexity index is 1130. The van der Waals surface area contributed by atoms with E-state index in [1.165, 1.54) is 29.4 Å². The van der Waals surface area contributed by atoms with E-state index in [2.05, 4.69) is 20.3 Å². The van der Waals surface area contributed by atoms with Crippen molar-refractivity contribution in [3.63, 3.8) is 0 Å². The Kier molecular flexibility index (Phi) is 7.63. The van der Waals surface area contributed by atoms with Crippen LogP contribution >= 0.6 is 0 Å². The van der Waals surface area contributed by atoms with Crippen LogP contribution in [0.3, 0.4) is 0 Å². The monoisotopic (exact) mass is 525 g/mol. The first-order chi connectivity index (χ1) is 17.6. The number of pyridine rings is 1. The first kappa shape index (κ1) is 26.3. The third-order valence-corrected chi connectivity index (χ3v) is 5.97. The maximum Gasteiger partial charge on any atom is 0.408 e. The molecule has 0 aliphatic carbocycles. The van der Waals surface area contributed by atoms with Crippen molar-refractivity contribution in [1.82, 2.24) is 20.3 Å². The van der Waals surface area contributed by atoms with Gasteiger partial charge in [0.2, 0.25) is 5.82 Å². The van der Waals surface area contributed by atoms with Gasteiger partial charge in [-0.1, -0.05) is 0 Å². The minimum atomic E-state index is -4.63. The third kappa shape index (κ3) is 5.99. The molecule has 0 radical (unpaired) electrons. The number of ether oxygens (including phenoxy) is 1. The second-order valence-electron chi connectivity index (χ2n) is 8.71. The number of hydrogen-bond acceptors (Lipinski definition) is 9. The number of fused-ring (bicyclic) bond motifs is 4. The number of amides is 3. The van der Waals surface area contributed by atoms with Crippen molar-refractivity contribution in [2.45, 2.75) is 44.1 Å². The van der Waals surface area contributed by atoms with E-state index in [0.717, 1.165) is 13.3 Å². The summed E-state index contributed by atoms with van der Waals surface area (Å²) in [6.45, 7) is 1.42. The van der Waals surface area contributed by atoms with Crippen LogP contribution in [0.15, 0.2) is 24.5 Å². The standard InChI is InChI=1S/C22H26F3N7O5/c1-12(22(23,24)25)28-20(35)18-27-8-16-19(30-18)32(13-3-2-6-31(16)9-13)21(36)29-17-5-4-15(7-26-17)37-11-14(34)10-33/h4-5,7-8,12-14,33-34H,2-3,6,9-11H2,1H3,(H,28,35)(H,26,29,36)/t12-,13?,14+/m1/s1. The van der Waals surface area contributed by atoms with Crippen molar-refractivity contribution in [3.05, 3.63) is 30.4 Å². The van der Waals surface area contributed by atoms with E-state index in [-0.39, 0.29) is 24.3 Å². The minimum Gasteiger partial charge on any atom is -0.489 e. The van der Waals surface area contributed by atoms with E-state index >= 15 is 0 Å². The molecule has 1 fully saturated rings. The SMILES string of the molecule is C[C@@H](NC(=O)c1ncc2c(n1)N(C(=O)Nc1ccc(OC[C@@H](O)CO)cn1)C1CCCN2C1)C(F)(F)F. The molecular formula is C22H26F3N7O5. The number of aliphatic hydroxyl groups excluding tert-OH is 2. The molecular weight excluding hydrogens is 499 g/mol. The van der Waals surface area contributed by atoms with Gasteiger partial charge in [-0.05, 0) is 31.9 Å². The molecule has 2 aromatic heterocycles. The Morgan fingerprint density at radius 1 is 1.27 bits per heavy atom. The van der Waals surface area contributed by atoms with Crippen LogP contribution < -0.4 is 25.2 Å². The summed E-state index contributed by atoms with van der Waals surface area (Å²) in [5.41, 5.74) is 0.491. The van der Waals surface area contributed by atoms with Gasteiger partial charge in [0.15, 0.2) is 5.82 Å². The van der Waals surface area contributed by atoms with Gasteiger partial charge >= 0.3 is 12.2 Å². The quantitative estimate of drug-likeness (QED) is 0.419. The highest BCUT2D eigenvalue weighted by molar-refractivity contribution is 6.04. The van der Waals surface area contributed by atoms with Crippen molar-refractivity contribution in [3.8, 4) is 5.75 Å². The van der Waals surface area contributed by atoms with Gasteiger partial charge in [0.05, 0.1) is 30.7 Å². The lowest BCUT2D eigenvalue weighted by atomic mass is 10.0. The zero-order valence-electron chi connectivity index (χ0n) is 19.8. The summed E-state index contributed by atoms with van der Waals surface area (Å²) in [7, 11) is 0. The molecule has 4 heterocycles. The van der Waals surface area contributed by atoms with E-state index in [1.54, 1.807) is 0 Å². The van der Waals surface area contributed by atoms with Crippen LogP contribution in [-0.4, -0.2) is 87.8 Å². The smallest absolute Gasteiger partial charge is 0.408 e. The zero-order chi connectivity index (χ0) is 26.7. The average molecular weight is 525 g/mol. The van der Waals surface area contributed by atoms with Gasteiger partial charge in [-0.3, -0.25) is 15.0 Å². The molecule has 15 heteroatoms. The zero-order valence-corrected chi connectivity index (χ0v) is 19.8. The summed E-state index contributed by atoms with van der Waals surface area (Å²) < 4.78 is 44.0. The molecule has 2 aromatic rings. The van der Waals surface area contributed by atoms with Crippen molar-refractivity contribution in [2.75, 3.05) is 41.4 Å². The average Bonchev–Trinajstić information content (AvgIpc) is 2.87. The van der Waals surface area contributed by atoms with Crippen LogP contribution in [0.5, 0.6) is 5.75 Å². The molecule has 0 spiro atoms. The van der Waals surface area contributed by atoms with E-state index in [1.807, 2.05) is 10.2 Å². The lowest BCUT2D eigenvalue weighted by Crippen LogP contribution is -2.56. The fourth-order valence-corrected chi connectivity index (χ4v) is 3.99. The van der Waals surface area contributed by atoms with Crippen LogP contribution in [0.25, 0.3) is 0 Å². The largest absolute Gasteiger partial charge is 0.489 e. The molecule has 0 aromatic carbocycles. The predicted octanol–water partition coefficient (Wildman–Crippen LogP) is 1.31. The maximum absolute atomic E-state index is 13.3. The van der Waals surface area contributed by atoms with Crippen LogP contribution in [0, 0.1) is 0 Å². The van der Waals surface area contributed by atoms with Gasteiger partial charge in [0.1, 0.15) is 30.3 Å². The van der Waals surface area contributed by atoms with Crippen molar-refractivity contribution >= 4 is 29.3 Å². The first-order valence-electron chi connectivity index (χ1n) is 11.5. The number of alkyl halides is 3. The first-order valence-corrected chi connectivity index (χ1v) is 11.5. The molecule has 1 unspecified atom stereocenters. The summed E-state index contributed by atoms with van der Waals surface area (Å²) in [6, 6.07) is 0.0220. The summed E-state index contributed by atoms with van der Waals surface area (Å²) >= 11 is 0. The Morgan fingerprint density at radius 3 is 2.73 bits per heavy atom. The number of anilines is 3. The molecule has 4 N–H and O–H groups in total. The summed E-state index contributed by atoms with van der Waals surface area (Å²) in [4.78, 5) is 41.3. The van der Waals surface area contributed by atoms with Gasteiger partial charge < -0.3 is 25.2 Å². The van der Waals surface area contributed by atoms with Gasteiger partial charge in [0.25, 0.3) is 5.91 Å².